The van der Waals surface area contributed by atoms with E-state index in [1.807, 2.05) is 12.3 Å². The average Bonchev–Trinajstić information content (AvgIpc) is 2.37. The zero-order valence-corrected chi connectivity index (χ0v) is 14.6. The molecule has 0 aliphatic heterocycles. The summed E-state index contributed by atoms with van der Waals surface area (Å²) in [5.41, 5.74) is 1.12. The van der Waals surface area contributed by atoms with Crippen LogP contribution in [-0.2, 0) is 0 Å². The van der Waals surface area contributed by atoms with Gasteiger partial charge in [-0.25, -0.2) is 0 Å². The van der Waals surface area contributed by atoms with Gasteiger partial charge in [0.15, 0.2) is 0 Å². The molecule has 0 N–H and O–H groups in total. The number of fused-ring (bicyclic) bond motifs is 3. The summed E-state index contributed by atoms with van der Waals surface area (Å²) >= 11 is 5.92. The van der Waals surface area contributed by atoms with Crippen LogP contribution < -0.4 is 4.40 Å². The molecule has 3 aromatic rings. The van der Waals surface area contributed by atoms with Crippen LogP contribution in [0.2, 0.25) is 9.40 Å². The predicted octanol–water partition coefficient (Wildman–Crippen LogP) is 3.98. The van der Waals surface area contributed by atoms with Gasteiger partial charge in [-0.2, -0.15) is 0 Å². The van der Waals surface area contributed by atoms with E-state index in [-0.39, 0.29) is 15.4 Å². The molecule has 0 saturated heterocycles. The summed E-state index contributed by atoms with van der Waals surface area (Å²) in [6, 6.07) is 8.49. The number of para-hydroxylation sites is 1. The number of nitrogens with zero attached hydrogens (tertiary/aromatic N) is 2. The summed E-state index contributed by atoms with van der Waals surface area (Å²) in [5, 5.41) is 3.76. The quantitative estimate of drug-likeness (QED) is 0.379. The molecule has 2 radical (unpaired) electrons. The van der Waals surface area contributed by atoms with E-state index in [9.17, 15) is 0 Å². The first-order valence-electron chi connectivity index (χ1n) is 6.56. The van der Waals surface area contributed by atoms with Crippen LogP contribution in [0, 0.1) is 0 Å². The van der Waals surface area contributed by atoms with Gasteiger partial charge in [-0.3, -0.25) is 0 Å². The van der Waals surface area contributed by atoms with Crippen molar-refractivity contribution in [2.24, 2.45) is 0 Å². The standard InChI is InChI=1S/C16H15ClGeN2/c1-16(2,3)18-13-6-4-5-11-10-7-8-19-15(17)12(10)9-20-14(11)13/h4-9H,1-3H3. The summed E-state index contributed by atoms with van der Waals surface area (Å²) in [4.78, 5) is 8.79. The van der Waals surface area contributed by atoms with Crippen LogP contribution in [0.3, 0.4) is 0 Å². The maximum atomic E-state index is 6.16. The van der Waals surface area contributed by atoms with Gasteiger partial charge in [-0.1, -0.05) is 0 Å². The molecule has 20 heavy (non-hydrogen) atoms. The van der Waals surface area contributed by atoms with Crippen LogP contribution in [-0.4, -0.2) is 25.4 Å². The second-order valence-electron chi connectivity index (χ2n) is 5.90. The zero-order chi connectivity index (χ0) is 14.3. The molecule has 0 amide bonds. The summed E-state index contributed by atoms with van der Waals surface area (Å²) in [7, 11) is 0. The Morgan fingerprint density at radius 3 is 2.55 bits per heavy atom. The monoisotopic (exact) mass is 344 g/mol. The van der Waals surface area contributed by atoms with Gasteiger partial charge in [0, 0.05) is 0 Å². The van der Waals surface area contributed by atoms with E-state index < -0.39 is 0 Å². The zero-order valence-electron chi connectivity index (χ0n) is 11.7. The molecule has 0 aliphatic rings. The van der Waals surface area contributed by atoms with Crippen molar-refractivity contribution in [3.8, 4) is 0 Å². The maximum absolute atomic E-state index is 6.16. The van der Waals surface area contributed by atoms with Crippen molar-refractivity contribution < 1.29 is 0 Å². The molecule has 0 atom stereocenters. The third kappa shape index (κ3) is 2.54. The van der Waals surface area contributed by atoms with Gasteiger partial charge < -0.3 is 0 Å². The minimum atomic E-state index is -0.244. The van der Waals surface area contributed by atoms with E-state index in [0.717, 1.165) is 16.3 Å². The Morgan fingerprint density at radius 2 is 1.80 bits per heavy atom. The molecule has 1 aromatic carbocycles. The average molecular weight is 343 g/mol. The molecule has 4 heteroatoms. The van der Waals surface area contributed by atoms with Crippen molar-refractivity contribution in [1.82, 2.24) is 9.97 Å². The first-order valence-corrected chi connectivity index (χ1v) is 9.03. The topological polar surface area (TPSA) is 25.8 Å². The SMILES string of the molecule is C[C](C)(C)[Ge][c]1cccc2c1ncc1c(Cl)nccc12. The van der Waals surface area contributed by atoms with Crippen LogP contribution in [0.4, 0.5) is 0 Å². The normalized spacial score (nSPS) is 12.2. The van der Waals surface area contributed by atoms with E-state index in [0.29, 0.717) is 9.40 Å². The molecule has 0 spiro atoms. The Morgan fingerprint density at radius 1 is 1.00 bits per heavy atom. The minimum absolute atomic E-state index is 0.244. The molecule has 0 saturated carbocycles. The van der Waals surface area contributed by atoms with Gasteiger partial charge >= 0.3 is 130 Å². The van der Waals surface area contributed by atoms with Gasteiger partial charge in [0.05, 0.1) is 0 Å². The van der Waals surface area contributed by atoms with Gasteiger partial charge in [-0.05, 0) is 0 Å². The van der Waals surface area contributed by atoms with Crippen molar-refractivity contribution in [2.75, 3.05) is 0 Å². The Balaban J connectivity index is 2.32. The third-order valence-electron chi connectivity index (χ3n) is 3.10. The fourth-order valence-corrected chi connectivity index (χ4v) is 5.28. The molecule has 100 valence electrons. The Bertz CT molecular complexity index is 793. The number of rotatable bonds is 1. The van der Waals surface area contributed by atoms with E-state index in [4.69, 9.17) is 11.6 Å². The number of halogens is 1. The fraction of sp³-hybridized carbons (Fsp3) is 0.250. The molecule has 0 unspecified atom stereocenters. The van der Waals surface area contributed by atoms with E-state index in [2.05, 4.69) is 48.9 Å². The first-order chi connectivity index (χ1) is 9.46. The number of hydrogen-bond acceptors (Lipinski definition) is 2. The van der Waals surface area contributed by atoms with Crippen molar-refractivity contribution in [3.63, 3.8) is 0 Å². The molecule has 0 fully saturated rings. The first kappa shape index (κ1) is 13.8. The van der Waals surface area contributed by atoms with Gasteiger partial charge in [-0.15, -0.1) is 0 Å². The summed E-state index contributed by atoms with van der Waals surface area (Å²) < 4.78 is 1.77. The van der Waals surface area contributed by atoms with Crippen molar-refractivity contribution in [3.05, 3.63) is 41.8 Å². The molecule has 2 heterocycles. The molecule has 0 bridgehead atoms. The van der Waals surface area contributed by atoms with Gasteiger partial charge in [0.2, 0.25) is 0 Å². The third-order valence-corrected chi connectivity index (χ3v) is 6.39. The summed E-state index contributed by atoms with van der Waals surface area (Å²) in [5.74, 6) is 0. The van der Waals surface area contributed by atoms with Crippen LogP contribution in [0.25, 0.3) is 21.7 Å². The number of benzene rings is 1. The second kappa shape index (κ2) is 5.01. The number of pyridine rings is 2. The van der Waals surface area contributed by atoms with Crippen molar-refractivity contribution in [2.45, 2.75) is 25.0 Å². The Hall–Kier alpha value is -1.13. The Kier molecular flexibility index (Phi) is 3.47. The van der Waals surface area contributed by atoms with Gasteiger partial charge in [0.1, 0.15) is 0 Å². The predicted molar refractivity (Wildman–Crippen MR) is 87.2 cm³/mol. The van der Waals surface area contributed by atoms with Crippen LogP contribution in [0.15, 0.2) is 36.7 Å². The molecular formula is C16H15ClGeN2. The van der Waals surface area contributed by atoms with E-state index in [1.54, 1.807) is 6.20 Å². The fourth-order valence-electron chi connectivity index (χ4n) is 2.34. The summed E-state index contributed by atoms with van der Waals surface area (Å²) in [6.45, 7) is 6.90. The van der Waals surface area contributed by atoms with E-state index in [1.165, 1.54) is 9.78 Å². The Labute approximate surface area is 130 Å². The second-order valence-corrected chi connectivity index (χ2v) is 11.1. The molecule has 0 aliphatic carbocycles. The summed E-state index contributed by atoms with van der Waals surface area (Å²) in [6.07, 6.45) is 3.61. The van der Waals surface area contributed by atoms with Crippen LogP contribution in [0.5, 0.6) is 0 Å². The van der Waals surface area contributed by atoms with Crippen molar-refractivity contribution >= 4 is 53.1 Å². The van der Waals surface area contributed by atoms with Crippen LogP contribution in [0.1, 0.15) is 20.8 Å². The number of hydrogen-bond donors (Lipinski definition) is 0. The molecule has 3 rings (SSSR count). The molecular weight excluding hydrogens is 328 g/mol. The number of aromatic nitrogens is 2. The van der Waals surface area contributed by atoms with Crippen molar-refractivity contribution in [1.29, 1.82) is 0 Å². The van der Waals surface area contributed by atoms with Gasteiger partial charge in [0.25, 0.3) is 0 Å². The molecule has 2 aromatic heterocycles. The molecule has 2 nitrogen and oxygen atoms in total. The van der Waals surface area contributed by atoms with E-state index >= 15 is 0 Å². The van der Waals surface area contributed by atoms with Crippen LogP contribution >= 0.6 is 11.6 Å².